The number of hydrogen-bond donors (Lipinski definition) is 2. The minimum Gasteiger partial charge on any atom is -0.508 e. The number of carbonyl (C=O) groups is 3. The van der Waals surface area contributed by atoms with E-state index in [1.807, 2.05) is 19.1 Å². The predicted molar refractivity (Wildman–Crippen MR) is 119 cm³/mol. The second-order valence-corrected chi connectivity index (χ2v) is 8.34. The van der Waals surface area contributed by atoms with Crippen LogP contribution in [0.5, 0.6) is 5.75 Å². The molecule has 0 bridgehead atoms. The molecule has 32 heavy (non-hydrogen) atoms. The zero-order valence-corrected chi connectivity index (χ0v) is 17.9. The molecule has 7 heteroatoms. The third-order valence-corrected chi connectivity index (χ3v) is 6.01. The first kappa shape index (κ1) is 21.8. The quantitative estimate of drug-likeness (QED) is 0.728. The maximum Gasteiger partial charge on any atom is 0.251 e. The van der Waals surface area contributed by atoms with Crippen molar-refractivity contribution < 1.29 is 24.2 Å². The van der Waals surface area contributed by atoms with E-state index in [0.29, 0.717) is 18.5 Å². The van der Waals surface area contributed by atoms with Crippen molar-refractivity contribution >= 4 is 23.2 Å². The molecule has 2 saturated heterocycles. The predicted octanol–water partition coefficient (Wildman–Crippen LogP) is 2.34. The smallest absolute Gasteiger partial charge is 0.251 e. The fraction of sp³-hybridized carbons (Fsp3) is 0.320. The van der Waals surface area contributed by atoms with Gasteiger partial charge >= 0.3 is 0 Å². The molecule has 0 spiro atoms. The molecule has 0 saturated carbocycles. The van der Waals surface area contributed by atoms with Gasteiger partial charge in [-0.15, -0.1) is 0 Å². The average Bonchev–Trinajstić information content (AvgIpc) is 3.37. The zero-order chi connectivity index (χ0) is 22.8. The van der Waals surface area contributed by atoms with Crippen molar-refractivity contribution in [2.75, 3.05) is 13.2 Å². The number of phenols is 1. The lowest BCUT2D eigenvalue weighted by atomic mass is 10.0. The van der Waals surface area contributed by atoms with E-state index in [4.69, 9.17) is 4.74 Å². The van der Waals surface area contributed by atoms with Crippen LogP contribution in [-0.2, 0) is 20.7 Å². The Kier molecular flexibility index (Phi) is 6.10. The van der Waals surface area contributed by atoms with E-state index in [2.05, 4.69) is 11.9 Å². The summed E-state index contributed by atoms with van der Waals surface area (Å²) >= 11 is 0. The summed E-state index contributed by atoms with van der Waals surface area (Å²) in [6, 6.07) is 12.1. The number of nitrogens with one attached hydrogen (secondary N) is 1. The maximum atomic E-state index is 13.5. The number of aromatic hydroxyl groups is 1. The van der Waals surface area contributed by atoms with Gasteiger partial charge in [0.15, 0.2) is 5.78 Å². The number of hydrogen-bond acceptors (Lipinski definition) is 5. The number of phenolic OH excluding ortho intramolecular Hbond substituents is 1. The monoisotopic (exact) mass is 434 g/mol. The van der Waals surface area contributed by atoms with Crippen LogP contribution in [-0.4, -0.2) is 58.9 Å². The molecule has 0 unspecified atom stereocenters. The summed E-state index contributed by atoms with van der Waals surface area (Å²) in [4.78, 5) is 40.2. The molecular weight excluding hydrogens is 408 g/mol. The number of amides is 2. The van der Waals surface area contributed by atoms with Crippen molar-refractivity contribution in [3.8, 4) is 5.75 Å². The summed E-state index contributed by atoms with van der Waals surface area (Å²) in [6.45, 7) is 6.21. The largest absolute Gasteiger partial charge is 0.508 e. The highest BCUT2D eigenvalue weighted by Gasteiger charge is 2.48. The summed E-state index contributed by atoms with van der Waals surface area (Å²) in [5, 5.41) is 12.4. The first-order chi connectivity index (χ1) is 15.3. The van der Waals surface area contributed by atoms with Crippen LogP contribution in [0.2, 0.25) is 0 Å². The molecule has 0 aromatic heterocycles. The van der Waals surface area contributed by atoms with Crippen LogP contribution in [0.15, 0.2) is 55.1 Å². The fourth-order valence-corrected chi connectivity index (χ4v) is 4.26. The van der Waals surface area contributed by atoms with E-state index >= 15 is 0 Å². The lowest BCUT2D eigenvalue weighted by Crippen LogP contribution is -2.53. The van der Waals surface area contributed by atoms with E-state index in [0.717, 1.165) is 16.7 Å². The van der Waals surface area contributed by atoms with Crippen molar-refractivity contribution in [3.05, 3.63) is 71.8 Å². The van der Waals surface area contributed by atoms with Gasteiger partial charge in [0, 0.05) is 18.5 Å². The molecule has 166 valence electrons. The lowest BCUT2D eigenvalue weighted by molar-refractivity contribution is -0.138. The average molecular weight is 434 g/mol. The number of likely N-dealkylation sites (tertiary alicyclic amines) is 1. The molecule has 3 atom stereocenters. The third-order valence-electron chi connectivity index (χ3n) is 6.01. The van der Waals surface area contributed by atoms with Crippen molar-refractivity contribution in [3.63, 3.8) is 0 Å². The number of allylic oxidation sites excluding steroid dienone is 1. The summed E-state index contributed by atoms with van der Waals surface area (Å²) in [6.07, 6.45) is 0.563. The Morgan fingerprint density at radius 3 is 2.47 bits per heavy atom. The summed E-state index contributed by atoms with van der Waals surface area (Å²) in [5.74, 6) is -0.670. The standard InChI is InChI=1S/C25H26N2O5/c1-15(2)17-5-7-18(8-6-17)24(30)26-20(13-16-3-9-19(28)10-4-16)25(31)27-12-11-22-23(27)21(29)14-32-22/h3-10,20,22-23,28H,1,11-14H2,2H3,(H,26,30)/t20-,22+,23+/m0/s1. The topological polar surface area (TPSA) is 95.9 Å². The summed E-state index contributed by atoms with van der Waals surface area (Å²) in [7, 11) is 0. The SMILES string of the molecule is C=C(C)c1ccc(C(=O)N[C@@H](Cc2ccc(O)cc2)C(=O)N2CC[C@H]3OCC(=O)[C@H]32)cc1. The van der Waals surface area contributed by atoms with E-state index in [-0.39, 0.29) is 42.5 Å². The first-order valence-corrected chi connectivity index (χ1v) is 10.6. The number of fused-ring (bicyclic) bond motifs is 1. The Bertz CT molecular complexity index is 1050. The van der Waals surface area contributed by atoms with Crippen LogP contribution in [0.3, 0.4) is 0 Å². The molecule has 4 rings (SSSR count). The Hall–Kier alpha value is -3.45. The van der Waals surface area contributed by atoms with Gasteiger partial charge in [-0.25, -0.2) is 0 Å². The molecule has 2 aliphatic rings. The molecule has 2 fully saturated rings. The van der Waals surface area contributed by atoms with Gasteiger partial charge in [-0.1, -0.05) is 36.4 Å². The van der Waals surface area contributed by atoms with Gasteiger partial charge in [-0.3, -0.25) is 14.4 Å². The highest BCUT2D eigenvalue weighted by molar-refractivity contribution is 5.99. The Morgan fingerprint density at radius 1 is 1.16 bits per heavy atom. The van der Waals surface area contributed by atoms with Gasteiger partial charge < -0.3 is 20.1 Å². The normalized spacial score (nSPS) is 20.7. The first-order valence-electron chi connectivity index (χ1n) is 10.6. The number of ether oxygens (including phenoxy) is 1. The molecule has 2 amide bonds. The molecule has 2 N–H and O–H groups in total. The highest BCUT2D eigenvalue weighted by Crippen LogP contribution is 2.28. The number of Topliss-reactive ketones (excluding diaryl/α,β-unsaturated/α-hetero) is 1. The van der Waals surface area contributed by atoms with Gasteiger partial charge in [-0.2, -0.15) is 0 Å². The van der Waals surface area contributed by atoms with Gasteiger partial charge in [0.25, 0.3) is 5.91 Å². The zero-order valence-electron chi connectivity index (χ0n) is 17.9. The summed E-state index contributed by atoms with van der Waals surface area (Å²) in [5.41, 5.74) is 3.03. The molecule has 2 aromatic carbocycles. The second-order valence-electron chi connectivity index (χ2n) is 8.34. The van der Waals surface area contributed by atoms with Crippen molar-refractivity contribution in [1.82, 2.24) is 10.2 Å². The Balaban J connectivity index is 1.56. The van der Waals surface area contributed by atoms with Crippen LogP contribution < -0.4 is 5.32 Å². The van der Waals surface area contributed by atoms with E-state index < -0.39 is 12.1 Å². The van der Waals surface area contributed by atoms with Gasteiger partial charge in [0.1, 0.15) is 24.4 Å². The van der Waals surface area contributed by atoms with Crippen LogP contribution in [0.1, 0.15) is 34.8 Å². The van der Waals surface area contributed by atoms with Crippen LogP contribution in [0.4, 0.5) is 0 Å². The van der Waals surface area contributed by atoms with Crippen molar-refractivity contribution in [2.24, 2.45) is 0 Å². The van der Waals surface area contributed by atoms with Crippen LogP contribution in [0.25, 0.3) is 5.57 Å². The highest BCUT2D eigenvalue weighted by atomic mass is 16.5. The van der Waals surface area contributed by atoms with Crippen molar-refractivity contribution in [2.45, 2.75) is 38.0 Å². The van der Waals surface area contributed by atoms with Gasteiger partial charge in [0.2, 0.25) is 5.91 Å². The molecule has 2 aromatic rings. The number of carbonyl (C=O) groups excluding carboxylic acids is 3. The summed E-state index contributed by atoms with van der Waals surface area (Å²) < 4.78 is 5.50. The molecule has 2 aliphatic heterocycles. The second kappa shape index (κ2) is 8.96. The van der Waals surface area contributed by atoms with Crippen LogP contribution in [0, 0.1) is 0 Å². The number of nitrogens with zero attached hydrogens (tertiary/aromatic N) is 1. The fourth-order valence-electron chi connectivity index (χ4n) is 4.26. The molecule has 0 aliphatic carbocycles. The molecular formula is C25H26N2O5. The minimum absolute atomic E-state index is 0.0170. The van der Waals surface area contributed by atoms with Crippen molar-refractivity contribution in [1.29, 1.82) is 0 Å². The van der Waals surface area contributed by atoms with E-state index in [1.165, 1.54) is 17.0 Å². The Morgan fingerprint density at radius 2 is 1.81 bits per heavy atom. The third kappa shape index (κ3) is 4.43. The molecule has 7 nitrogen and oxygen atoms in total. The molecule has 2 heterocycles. The molecule has 0 radical (unpaired) electrons. The van der Waals surface area contributed by atoms with Crippen LogP contribution >= 0.6 is 0 Å². The number of rotatable bonds is 6. The Labute approximate surface area is 186 Å². The van der Waals surface area contributed by atoms with E-state index in [9.17, 15) is 19.5 Å². The number of ketones is 1. The maximum absolute atomic E-state index is 13.5. The van der Waals surface area contributed by atoms with Gasteiger partial charge in [0.05, 0.1) is 6.10 Å². The van der Waals surface area contributed by atoms with E-state index in [1.54, 1.807) is 24.3 Å². The van der Waals surface area contributed by atoms with Gasteiger partial charge in [-0.05, 0) is 48.7 Å². The minimum atomic E-state index is -0.861. The lowest BCUT2D eigenvalue weighted by Gasteiger charge is -2.27. The number of benzene rings is 2.